The molecule has 0 aliphatic carbocycles. The fourth-order valence-corrected chi connectivity index (χ4v) is 1.65. The molecule has 0 spiro atoms. The van der Waals surface area contributed by atoms with Crippen molar-refractivity contribution in [2.24, 2.45) is 5.92 Å². The molecule has 0 saturated heterocycles. The first-order chi connectivity index (χ1) is 6.63. The highest BCUT2D eigenvalue weighted by Crippen LogP contribution is 2.17. The van der Waals surface area contributed by atoms with Crippen LogP contribution in [0.1, 0.15) is 18.9 Å². The maximum Gasteiger partial charge on any atom is 0.225 e. The van der Waals surface area contributed by atoms with E-state index in [1.54, 1.807) is 0 Å². The van der Waals surface area contributed by atoms with E-state index in [0.717, 1.165) is 12.0 Å². The fraction of sp³-hybridized carbons (Fsp3) is 0.364. The summed E-state index contributed by atoms with van der Waals surface area (Å²) in [5.74, 6) is -0.0853. The number of carbonyl (C=O) groups excluding carboxylic acids is 1. The lowest BCUT2D eigenvalue weighted by Gasteiger charge is -2.09. The first kappa shape index (κ1) is 11.5. The zero-order chi connectivity index (χ0) is 10.6. The van der Waals surface area contributed by atoms with Crippen LogP contribution in [0.4, 0.5) is 0 Å². The van der Waals surface area contributed by atoms with E-state index in [1.807, 2.05) is 31.2 Å². The van der Waals surface area contributed by atoms with Crippen LogP contribution >= 0.6 is 23.2 Å². The highest BCUT2D eigenvalue weighted by Gasteiger charge is 2.14. The van der Waals surface area contributed by atoms with Crippen LogP contribution < -0.4 is 0 Å². The van der Waals surface area contributed by atoms with E-state index in [2.05, 4.69) is 0 Å². The molecule has 76 valence electrons. The number of halogens is 2. The maximum atomic E-state index is 11.0. The monoisotopic (exact) mass is 230 g/mol. The van der Waals surface area contributed by atoms with E-state index >= 15 is 0 Å². The van der Waals surface area contributed by atoms with Gasteiger partial charge in [0.25, 0.3) is 0 Å². The van der Waals surface area contributed by atoms with Gasteiger partial charge < -0.3 is 0 Å². The molecule has 1 atom stereocenters. The third kappa shape index (κ3) is 3.32. The molecular formula is C11H12Cl2O. The first-order valence-electron chi connectivity index (χ1n) is 4.57. The Hall–Kier alpha value is -0.530. The van der Waals surface area contributed by atoms with Crippen molar-refractivity contribution in [2.45, 2.75) is 19.8 Å². The van der Waals surface area contributed by atoms with Gasteiger partial charge in [0.15, 0.2) is 0 Å². The Morgan fingerprint density at radius 1 is 1.36 bits per heavy atom. The van der Waals surface area contributed by atoms with Crippen molar-refractivity contribution in [1.29, 1.82) is 0 Å². The van der Waals surface area contributed by atoms with Crippen molar-refractivity contribution < 1.29 is 4.79 Å². The SMILES string of the molecule is CC[C@@H](Cc1ccc(Cl)cc1)C(=O)Cl. The third-order valence-corrected chi connectivity index (χ3v) is 2.77. The van der Waals surface area contributed by atoms with Crippen LogP contribution in [-0.2, 0) is 11.2 Å². The summed E-state index contributed by atoms with van der Waals surface area (Å²) in [6.07, 6.45) is 1.46. The molecule has 0 N–H and O–H groups in total. The Bertz CT molecular complexity index is 306. The molecule has 14 heavy (non-hydrogen) atoms. The predicted molar refractivity (Wildman–Crippen MR) is 59.8 cm³/mol. The summed E-state index contributed by atoms with van der Waals surface area (Å²) in [7, 11) is 0. The molecule has 0 amide bonds. The van der Waals surface area contributed by atoms with Gasteiger partial charge in [-0.15, -0.1) is 0 Å². The molecule has 0 radical (unpaired) electrons. The quantitative estimate of drug-likeness (QED) is 0.722. The second kappa shape index (κ2) is 5.38. The van der Waals surface area contributed by atoms with E-state index in [4.69, 9.17) is 23.2 Å². The number of carbonyl (C=O) groups is 1. The smallest absolute Gasteiger partial charge is 0.225 e. The third-order valence-electron chi connectivity index (χ3n) is 2.21. The predicted octanol–water partition coefficient (Wildman–Crippen LogP) is 3.67. The van der Waals surface area contributed by atoms with Gasteiger partial charge >= 0.3 is 0 Å². The molecule has 1 rings (SSSR count). The molecule has 1 nitrogen and oxygen atoms in total. The number of hydrogen-bond donors (Lipinski definition) is 0. The fourth-order valence-electron chi connectivity index (χ4n) is 1.29. The molecule has 0 heterocycles. The summed E-state index contributed by atoms with van der Waals surface area (Å²) in [6, 6.07) is 7.49. The van der Waals surface area contributed by atoms with E-state index in [9.17, 15) is 4.79 Å². The van der Waals surface area contributed by atoms with Crippen molar-refractivity contribution in [3.05, 3.63) is 34.9 Å². The Balaban J connectivity index is 2.67. The molecule has 0 aliphatic heterocycles. The molecule has 3 heteroatoms. The summed E-state index contributed by atoms with van der Waals surface area (Å²) in [5, 5.41) is 0.446. The summed E-state index contributed by atoms with van der Waals surface area (Å²) in [6.45, 7) is 1.96. The van der Waals surface area contributed by atoms with Crippen LogP contribution in [0.2, 0.25) is 5.02 Å². The minimum Gasteiger partial charge on any atom is -0.281 e. The van der Waals surface area contributed by atoms with E-state index in [1.165, 1.54) is 0 Å². The molecule has 1 aromatic rings. The first-order valence-corrected chi connectivity index (χ1v) is 5.33. The van der Waals surface area contributed by atoms with Gasteiger partial charge in [0.2, 0.25) is 5.24 Å². The van der Waals surface area contributed by atoms with E-state index in [0.29, 0.717) is 11.4 Å². The Morgan fingerprint density at radius 3 is 2.36 bits per heavy atom. The molecule has 0 bridgehead atoms. The van der Waals surface area contributed by atoms with Crippen LogP contribution in [0.15, 0.2) is 24.3 Å². The highest BCUT2D eigenvalue weighted by molar-refractivity contribution is 6.64. The summed E-state index contributed by atoms with van der Waals surface area (Å²) < 4.78 is 0. The molecular weight excluding hydrogens is 219 g/mol. The number of rotatable bonds is 4. The van der Waals surface area contributed by atoms with Crippen molar-refractivity contribution >= 4 is 28.4 Å². The average Bonchev–Trinajstić information content (AvgIpc) is 2.16. The van der Waals surface area contributed by atoms with Crippen molar-refractivity contribution in [3.8, 4) is 0 Å². The zero-order valence-electron chi connectivity index (χ0n) is 7.97. The summed E-state index contributed by atoms with van der Waals surface area (Å²) in [4.78, 5) is 11.0. The Kier molecular flexibility index (Phi) is 4.43. The van der Waals surface area contributed by atoms with Crippen LogP contribution in [0.25, 0.3) is 0 Å². The largest absolute Gasteiger partial charge is 0.281 e. The molecule has 0 saturated carbocycles. The maximum absolute atomic E-state index is 11.0. The highest BCUT2D eigenvalue weighted by atomic mass is 35.5. The molecule has 0 fully saturated rings. The lowest BCUT2D eigenvalue weighted by atomic mass is 9.98. The standard InChI is InChI=1S/C11H12Cl2O/c1-2-9(11(13)14)7-8-3-5-10(12)6-4-8/h3-6,9H,2,7H2,1H3/t9-/m0/s1. The normalized spacial score (nSPS) is 12.5. The van der Waals surface area contributed by atoms with Gasteiger partial charge in [0.1, 0.15) is 0 Å². The number of hydrogen-bond acceptors (Lipinski definition) is 1. The Labute approximate surface area is 94.0 Å². The van der Waals surface area contributed by atoms with Crippen molar-refractivity contribution in [3.63, 3.8) is 0 Å². The molecule has 1 aromatic carbocycles. The summed E-state index contributed by atoms with van der Waals surface area (Å²) in [5.41, 5.74) is 1.09. The van der Waals surface area contributed by atoms with Crippen LogP contribution in [0.5, 0.6) is 0 Å². The minimum atomic E-state index is -0.262. The van der Waals surface area contributed by atoms with Gasteiger partial charge in [0, 0.05) is 10.9 Å². The summed E-state index contributed by atoms with van der Waals surface area (Å²) >= 11 is 11.2. The van der Waals surface area contributed by atoms with E-state index < -0.39 is 0 Å². The second-order valence-electron chi connectivity index (χ2n) is 3.24. The number of benzene rings is 1. The van der Waals surface area contributed by atoms with Crippen molar-refractivity contribution in [1.82, 2.24) is 0 Å². The Morgan fingerprint density at radius 2 is 1.93 bits per heavy atom. The van der Waals surface area contributed by atoms with Crippen LogP contribution in [-0.4, -0.2) is 5.24 Å². The van der Waals surface area contributed by atoms with Crippen molar-refractivity contribution in [2.75, 3.05) is 0 Å². The lowest BCUT2D eigenvalue weighted by Crippen LogP contribution is -2.10. The van der Waals surface area contributed by atoms with E-state index in [-0.39, 0.29) is 11.2 Å². The molecule has 0 aromatic heterocycles. The van der Waals surface area contributed by atoms with Gasteiger partial charge in [0.05, 0.1) is 0 Å². The van der Waals surface area contributed by atoms with Gasteiger partial charge in [-0.2, -0.15) is 0 Å². The average molecular weight is 231 g/mol. The second-order valence-corrected chi connectivity index (χ2v) is 4.05. The van der Waals surface area contributed by atoms with Crippen LogP contribution in [0, 0.1) is 5.92 Å². The molecule has 0 aliphatic rings. The minimum absolute atomic E-state index is 0.0853. The lowest BCUT2D eigenvalue weighted by molar-refractivity contribution is -0.115. The molecule has 0 unspecified atom stereocenters. The topological polar surface area (TPSA) is 17.1 Å². The van der Waals surface area contributed by atoms with Gasteiger partial charge in [-0.3, -0.25) is 4.79 Å². The van der Waals surface area contributed by atoms with Gasteiger partial charge in [-0.1, -0.05) is 30.7 Å². The van der Waals surface area contributed by atoms with Crippen LogP contribution in [0.3, 0.4) is 0 Å². The van der Waals surface area contributed by atoms with Gasteiger partial charge in [-0.25, -0.2) is 0 Å². The zero-order valence-corrected chi connectivity index (χ0v) is 9.48. The van der Waals surface area contributed by atoms with Gasteiger partial charge in [-0.05, 0) is 42.1 Å².